The molecule has 4 aliphatic carbocycles. The molecule has 4 saturated carbocycles. The minimum atomic E-state index is -0.588. The van der Waals surface area contributed by atoms with Crippen molar-refractivity contribution in [3.05, 3.63) is 0 Å². The number of rotatable bonds is 2. The van der Waals surface area contributed by atoms with Gasteiger partial charge < -0.3 is 15.4 Å². The Morgan fingerprint density at radius 3 is 2.44 bits per heavy atom. The Morgan fingerprint density at radius 1 is 0.960 bits per heavy atom. The molecular formula is C21H37NO3. The van der Waals surface area contributed by atoms with Crippen LogP contribution in [0.3, 0.4) is 0 Å². The number of hydroxylamine groups is 1. The van der Waals surface area contributed by atoms with Gasteiger partial charge in [0.15, 0.2) is 0 Å². The van der Waals surface area contributed by atoms with Gasteiger partial charge in [0.1, 0.15) is 0 Å². The Kier molecular flexibility index (Phi) is 4.31. The van der Waals surface area contributed by atoms with E-state index in [-0.39, 0.29) is 23.0 Å². The Balaban J connectivity index is 1.65. The zero-order valence-corrected chi connectivity index (χ0v) is 16.2. The van der Waals surface area contributed by atoms with Crippen LogP contribution in [0.2, 0.25) is 0 Å². The molecule has 0 spiro atoms. The molecule has 144 valence electrons. The van der Waals surface area contributed by atoms with Crippen LogP contribution in [0.15, 0.2) is 0 Å². The smallest absolute Gasteiger partial charge is 0.0735 e. The van der Waals surface area contributed by atoms with Gasteiger partial charge in [0.25, 0.3) is 0 Å². The Labute approximate surface area is 152 Å². The Bertz CT molecular complexity index is 527. The standard InChI is InChI=1S/C21H37NO3/c1-13(22-25)16-8-11-21(24)18-5-4-14-12-15(23)6-9-19(14,2)17(18)7-10-20(16,21)3/h13-18,22-25H,4-12H2,1-3H3/t13?,14?,15?,16-,17+,18-,19+,20-,21-/m1/s1. The van der Waals surface area contributed by atoms with Gasteiger partial charge in [-0.25, -0.2) is 5.48 Å². The van der Waals surface area contributed by atoms with Gasteiger partial charge in [-0.05, 0) is 93.8 Å². The first-order chi connectivity index (χ1) is 11.8. The van der Waals surface area contributed by atoms with Crippen molar-refractivity contribution in [1.29, 1.82) is 0 Å². The summed E-state index contributed by atoms with van der Waals surface area (Å²) in [5, 5.41) is 31.6. The maximum absolute atomic E-state index is 12.0. The second kappa shape index (κ2) is 5.92. The molecule has 4 aliphatic rings. The molecule has 0 aromatic heterocycles. The predicted octanol–water partition coefficient (Wildman–Crippen LogP) is 3.49. The highest BCUT2D eigenvalue weighted by atomic mass is 16.5. The Morgan fingerprint density at radius 2 is 1.72 bits per heavy atom. The van der Waals surface area contributed by atoms with E-state index in [0.29, 0.717) is 23.7 Å². The molecule has 0 radical (unpaired) electrons. The van der Waals surface area contributed by atoms with Crippen molar-refractivity contribution in [2.45, 2.75) is 96.3 Å². The number of nitrogens with one attached hydrogen (secondary N) is 1. The fourth-order valence-electron chi connectivity index (χ4n) is 8.14. The minimum Gasteiger partial charge on any atom is -0.393 e. The van der Waals surface area contributed by atoms with Crippen LogP contribution in [0.4, 0.5) is 0 Å². The van der Waals surface area contributed by atoms with Crippen LogP contribution in [-0.2, 0) is 0 Å². The van der Waals surface area contributed by atoms with Crippen molar-refractivity contribution >= 4 is 0 Å². The molecule has 4 fully saturated rings. The van der Waals surface area contributed by atoms with E-state index in [4.69, 9.17) is 0 Å². The van der Waals surface area contributed by atoms with Crippen LogP contribution in [0.5, 0.6) is 0 Å². The van der Waals surface area contributed by atoms with Gasteiger partial charge in [-0.3, -0.25) is 0 Å². The molecule has 9 atom stereocenters. The molecule has 3 unspecified atom stereocenters. The van der Waals surface area contributed by atoms with Gasteiger partial charge in [-0.1, -0.05) is 13.8 Å². The van der Waals surface area contributed by atoms with E-state index in [1.54, 1.807) is 0 Å². The lowest BCUT2D eigenvalue weighted by Crippen LogP contribution is -2.63. The fourth-order valence-corrected chi connectivity index (χ4v) is 8.14. The maximum Gasteiger partial charge on any atom is 0.0735 e. The Hall–Kier alpha value is -0.160. The summed E-state index contributed by atoms with van der Waals surface area (Å²) in [7, 11) is 0. The molecule has 0 bridgehead atoms. The van der Waals surface area contributed by atoms with E-state index < -0.39 is 5.60 Å². The van der Waals surface area contributed by atoms with Gasteiger partial charge in [-0.15, -0.1) is 0 Å². The molecule has 25 heavy (non-hydrogen) atoms. The first-order valence-electron chi connectivity index (χ1n) is 10.6. The first kappa shape index (κ1) is 18.2. The third-order valence-electron chi connectivity index (χ3n) is 9.70. The van der Waals surface area contributed by atoms with Crippen LogP contribution >= 0.6 is 0 Å². The third kappa shape index (κ3) is 2.33. The van der Waals surface area contributed by atoms with E-state index >= 15 is 0 Å². The molecular weight excluding hydrogens is 314 g/mol. The summed E-state index contributed by atoms with van der Waals surface area (Å²) >= 11 is 0. The van der Waals surface area contributed by atoms with Gasteiger partial charge >= 0.3 is 0 Å². The van der Waals surface area contributed by atoms with E-state index in [9.17, 15) is 15.4 Å². The van der Waals surface area contributed by atoms with E-state index in [0.717, 1.165) is 51.4 Å². The predicted molar refractivity (Wildman–Crippen MR) is 97.1 cm³/mol. The first-order valence-corrected chi connectivity index (χ1v) is 10.6. The number of hydrogen-bond acceptors (Lipinski definition) is 4. The van der Waals surface area contributed by atoms with E-state index in [2.05, 4.69) is 26.3 Å². The highest BCUT2D eigenvalue weighted by Gasteiger charge is 2.67. The number of aliphatic hydroxyl groups is 2. The summed E-state index contributed by atoms with van der Waals surface area (Å²) in [5.74, 6) is 1.94. The average molecular weight is 352 g/mol. The van der Waals surface area contributed by atoms with Gasteiger partial charge in [-0.2, -0.15) is 0 Å². The lowest BCUT2D eigenvalue weighted by Gasteiger charge is -2.63. The molecule has 0 aromatic carbocycles. The summed E-state index contributed by atoms with van der Waals surface area (Å²) in [4.78, 5) is 0. The fraction of sp³-hybridized carbons (Fsp3) is 1.00. The summed E-state index contributed by atoms with van der Waals surface area (Å²) < 4.78 is 0. The van der Waals surface area contributed by atoms with Crippen molar-refractivity contribution in [3.63, 3.8) is 0 Å². The van der Waals surface area contributed by atoms with Crippen LogP contribution in [0.1, 0.15) is 78.6 Å². The molecule has 4 nitrogen and oxygen atoms in total. The van der Waals surface area contributed by atoms with E-state index in [1.165, 1.54) is 6.42 Å². The summed E-state index contributed by atoms with van der Waals surface area (Å²) in [6, 6.07) is 0.0346. The lowest BCUT2D eigenvalue weighted by molar-refractivity contribution is -0.212. The van der Waals surface area contributed by atoms with Gasteiger partial charge in [0.2, 0.25) is 0 Å². The maximum atomic E-state index is 12.0. The summed E-state index contributed by atoms with van der Waals surface area (Å²) in [6.07, 6.45) is 9.30. The third-order valence-corrected chi connectivity index (χ3v) is 9.70. The number of fused-ring (bicyclic) bond motifs is 5. The normalized spacial score (nSPS) is 56.6. The molecule has 0 aromatic rings. The summed E-state index contributed by atoms with van der Waals surface area (Å²) in [6.45, 7) is 6.79. The highest BCUT2D eigenvalue weighted by Crippen LogP contribution is 2.69. The molecule has 4 heteroatoms. The van der Waals surface area contributed by atoms with Crippen LogP contribution in [0.25, 0.3) is 0 Å². The zero-order valence-electron chi connectivity index (χ0n) is 16.2. The van der Waals surface area contributed by atoms with Crippen molar-refractivity contribution in [2.24, 2.45) is 34.5 Å². The van der Waals surface area contributed by atoms with Crippen LogP contribution in [0, 0.1) is 34.5 Å². The minimum absolute atomic E-state index is 0.0346. The average Bonchev–Trinajstić information content (AvgIpc) is 2.86. The molecule has 0 heterocycles. The van der Waals surface area contributed by atoms with E-state index in [1.807, 2.05) is 0 Å². The van der Waals surface area contributed by atoms with Crippen molar-refractivity contribution in [2.75, 3.05) is 0 Å². The van der Waals surface area contributed by atoms with Gasteiger partial charge in [0.05, 0.1) is 11.7 Å². The largest absolute Gasteiger partial charge is 0.393 e. The van der Waals surface area contributed by atoms with Crippen LogP contribution < -0.4 is 5.48 Å². The van der Waals surface area contributed by atoms with Crippen molar-refractivity contribution in [1.82, 2.24) is 5.48 Å². The quantitative estimate of drug-likeness (QED) is 0.575. The molecule has 4 N–H and O–H groups in total. The monoisotopic (exact) mass is 351 g/mol. The second-order valence-corrected chi connectivity index (χ2v) is 10.4. The highest BCUT2D eigenvalue weighted by molar-refractivity contribution is 5.17. The van der Waals surface area contributed by atoms with Crippen molar-refractivity contribution in [3.8, 4) is 0 Å². The molecule has 0 aliphatic heterocycles. The zero-order chi connectivity index (χ0) is 18.0. The number of aliphatic hydroxyl groups excluding tert-OH is 1. The molecule has 4 rings (SSSR count). The lowest BCUT2D eigenvalue weighted by atomic mass is 9.43. The number of hydrogen-bond donors (Lipinski definition) is 4. The second-order valence-electron chi connectivity index (χ2n) is 10.4. The SMILES string of the molecule is CC(NO)[C@H]1CC[C@@]2(O)[C@@H]3CCC4CC(O)CC[C@]4(C)[C@H]3CC[C@]12C. The van der Waals surface area contributed by atoms with Gasteiger partial charge in [0, 0.05) is 11.5 Å². The topological polar surface area (TPSA) is 72.7 Å². The molecule has 0 amide bonds. The van der Waals surface area contributed by atoms with Crippen molar-refractivity contribution < 1.29 is 15.4 Å². The molecule has 0 saturated heterocycles. The van der Waals surface area contributed by atoms with Crippen LogP contribution in [-0.4, -0.2) is 33.2 Å². The summed E-state index contributed by atoms with van der Waals surface area (Å²) in [5.41, 5.74) is 2.08.